The van der Waals surface area contributed by atoms with Gasteiger partial charge in [-0.05, 0) is 50.1 Å². The monoisotopic (exact) mass is 236 g/mol. The maximum atomic E-state index is 4.67. The molecule has 0 saturated carbocycles. The summed E-state index contributed by atoms with van der Waals surface area (Å²) < 4.78 is 0. The van der Waals surface area contributed by atoms with E-state index >= 15 is 0 Å². The van der Waals surface area contributed by atoms with Crippen LogP contribution in [0.2, 0.25) is 0 Å². The molecule has 1 N–H and O–H groups in total. The van der Waals surface area contributed by atoms with Gasteiger partial charge < -0.3 is 4.98 Å². The van der Waals surface area contributed by atoms with Crippen molar-refractivity contribution in [2.45, 2.75) is 20.8 Å². The van der Waals surface area contributed by atoms with Gasteiger partial charge in [-0.15, -0.1) is 0 Å². The minimum Gasteiger partial charge on any atom is -0.338 e. The number of aromatic nitrogens is 2. The SMILES string of the molecule is Cc1ccc(C)c(-c2nc3ccc(C)cc3[nH]2)c1. The average Bonchev–Trinajstić information content (AvgIpc) is 2.74. The van der Waals surface area contributed by atoms with Crippen LogP contribution in [-0.4, -0.2) is 9.97 Å². The summed E-state index contributed by atoms with van der Waals surface area (Å²) in [6.07, 6.45) is 0. The molecule has 3 rings (SSSR count). The van der Waals surface area contributed by atoms with Crippen LogP contribution in [0, 0.1) is 20.8 Å². The molecule has 2 nitrogen and oxygen atoms in total. The van der Waals surface area contributed by atoms with Crippen LogP contribution in [0.3, 0.4) is 0 Å². The maximum absolute atomic E-state index is 4.67. The first kappa shape index (κ1) is 11.0. The Morgan fingerprint density at radius 2 is 1.61 bits per heavy atom. The van der Waals surface area contributed by atoms with Gasteiger partial charge in [0, 0.05) is 5.56 Å². The number of H-pyrrole nitrogens is 1. The van der Waals surface area contributed by atoms with Crippen LogP contribution >= 0.6 is 0 Å². The molecule has 1 heterocycles. The highest BCUT2D eigenvalue weighted by molar-refractivity contribution is 5.80. The number of aromatic amines is 1. The summed E-state index contributed by atoms with van der Waals surface area (Å²) in [6, 6.07) is 12.7. The van der Waals surface area contributed by atoms with Gasteiger partial charge in [-0.25, -0.2) is 4.98 Å². The van der Waals surface area contributed by atoms with Crippen molar-refractivity contribution in [3.05, 3.63) is 53.1 Å². The van der Waals surface area contributed by atoms with Gasteiger partial charge in [-0.1, -0.05) is 23.8 Å². The van der Waals surface area contributed by atoms with Gasteiger partial charge in [0.15, 0.2) is 0 Å². The Bertz CT molecular complexity index is 723. The molecule has 0 aliphatic heterocycles. The van der Waals surface area contributed by atoms with Crippen molar-refractivity contribution in [2.24, 2.45) is 0 Å². The van der Waals surface area contributed by atoms with Crippen LogP contribution in [0.5, 0.6) is 0 Å². The van der Waals surface area contributed by atoms with Gasteiger partial charge in [0.25, 0.3) is 0 Å². The molecule has 90 valence electrons. The molecule has 0 aliphatic carbocycles. The van der Waals surface area contributed by atoms with E-state index in [1.54, 1.807) is 0 Å². The minimum atomic E-state index is 0.955. The normalized spacial score (nSPS) is 11.1. The fourth-order valence-electron chi connectivity index (χ4n) is 2.24. The number of rotatable bonds is 1. The number of nitrogens with one attached hydrogen (secondary N) is 1. The molecule has 2 aromatic carbocycles. The lowest BCUT2D eigenvalue weighted by atomic mass is 10.1. The first-order valence-electron chi connectivity index (χ1n) is 6.17. The molecule has 2 heteroatoms. The van der Waals surface area contributed by atoms with E-state index in [1.165, 1.54) is 22.3 Å². The third-order valence-corrected chi connectivity index (χ3v) is 3.29. The van der Waals surface area contributed by atoms with Crippen molar-refractivity contribution in [3.8, 4) is 11.4 Å². The lowest BCUT2D eigenvalue weighted by Gasteiger charge is -2.03. The van der Waals surface area contributed by atoms with Crippen LogP contribution in [-0.2, 0) is 0 Å². The lowest BCUT2D eigenvalue weighted by molar-refractivity contribution is 1.29. The second-order valence-corrected chi connectivity index (χ2v) is 4.92. The van der Waals surface area contributed by atoms with E-state index in [0.29, 0.717) is 0 Å². The van der Waals surface area contributed by atoms with Crippen LogP contribution < -0.4 is 0 Å². The van der Waals surface area contributed by atoms with Crippen LogP contribution in [0.1, 0.15) is 16.7 Å². The minimum absolute atomic E-state index is 0.955. The highest BCUT2D eigenvalue weighted by Gasteiger charge is 2.08. The second-order valence-electron chi connectivity index (χ2n) is 4.92. The number of benzene rings is 2. The van der Waals surface area contributed by atoms with E-state index in [9.17, 15) is 0 Å². The van der Waals surface area contributed by atoms with Crippen LogP contribution in [0.4, 0.5) is 0 Å². The molecule has 0 spiro atoms. The van der Waals surface area contributed by atoms with E-state index in [2.05, 4.69) is 67.1 Å². The molecule has 1 aromatic heterocycles. The standard InChI is InChI=1S/C16H16N2/c1-10-4-6-12(3)13(8-10)16-17-14-7-5-11(2)9-15(14)18-16/h4-9H,1-3H3,(H,17,18). The van der Waals surface area contributed by atoms with Crippen molar-refractivity contribution < 1.29 is 0 Å². The van der Waals surface area contributed by atoms with Crippen molar-refractivity contribution >= 4 is 11.0 Å². The van der Waals surface area contributed by atoms with E-state index in [1.807, 2.05) is 0 Å². The van der Waals surface area contributed by atoms with Crippen molar-refractivity contribution in [2.75, 3.05) is 0 Å². The van der Waals surface area contributed by atoms with Crippen molar-refractivity contribution in [1.29, 1.82) is 0 Å². The molecular formula is C16H16N2. The topological polar surface area (TPSA) is 28.7 Å². The fraction of sp³-hybridized carbons (Fsp3) is 0.188. The Balaban J connectivity index is 2.22. The van der Waals surface area contributed by atoms with Crippen molar-refractivity contribution in [3.63, 3.8) is 0 Å². The molecule has 0 atom stereocenters. The Labute approximate surface area is 107 Å². The quantitative estimate of drug-likeness (QED) is 0.675. The molecule has 18 heavy (non-hydrogen) atoms. The van der Waals surface area contributed by atoms with Gasteiger partial charge in [0.1, 0.15) is 5.82 Å². The number of hydrogen-bond donors (Lipinski definition) is 1. The highest BCUT2D eigenvalue weighted by Crippen LogP contribution is 2.24. The number of aryl methyl sites for hydroxylation is 3. The van der Waals surface area contributed by atoms with E-state index in [0.717, 1.165) is 16.9 Å². The molecular weight excluding hydrogens is 220 g/mol. The highest BCUT2D eigenvalue weighted by atomic mass is 14.9. The first-order chi connectivity index (χ1) is 8.63. The number of imidazole rings is 1. The zero-order valence-corrected chi connectivity index (χ0v) is 10.9. The lowest BCUT2D eigenvalue weighted by Crippen LogP contribution is -1.86. The zero-order chi connectivity index (χ0) is 12.7. The molecule has 0 fully saturated rings. The summed E-state index contributed by atoms with van der Waals surface area (Å²) in [5.41, 5.74) is 7.06. The summed E-state index contributed by atoms with van der Waals surface area (Å²) in [5, 5.41) is 0. The smallest absolute Gasteiger partial charge is 0.138 e. The first-order valence-corrected chi connectivity index (χ1v) is 6.17. The second kappa shape index (κ2) is 3.98. The van der Waals surface area contributed by atoms with Crippen molar-refractivity contribution in [1.82, 2.24) is 9.97 Å². The summed E-state index contributed by atoms with van der Waals surface area (Å²) in [5.74, 6) is 0.955. The summed E-state index contributed by atoms with van der Waals surface area (Å²) in [7, 11) is 0. The number of nitrogens with zero attached hydrogens (tertiary/aromatic N) is 1. The van der Waals surface area contributed by atoms with Crippen LogP contribution in [0.15, 0.2) is 36.4 Å². The fourth-order valence-corrected chi connectivity index (χ4v) is 2.24. The maximum Gasteiger partial charge on any atom is 0.138 e. The summed E-state index contributed by atoms with van der Waals surface area (Å²) in [4.78, 5) is 8.08. The summed E-state index contributed by atoms with van der Waals surface area (Å²) in [6.45, 7) is 6.32. The molecule has 0 saturated heterocycles. The van der Waals surface area contributed by atoms with E-state index in [4.69, 9.17) is 0 Å². The average molecular weight is 236 g/mol. The van der Waals surface area contributed by atoms with Gasteiger partial charge in [-0.3, -0.25) is 0 Å². The molecule has 0 aliphatic rings. The Morgan fingerprint density at radius 3 is 2.44 bits per heavy atom. The largest absolute Gasteiger partial charge is 0.338 e. The Hall–Kier alpha value is -2.09. The summed E-state index contributed by atoms with van der Waals surface area (Å²) >= 11 is 0. The predicted molar refractivity (Wildman–Crippen MR) is 75.7 cm³/mol. The molecule has 0 radical (unpaired) electrons. The van der Waals surface area contributed by atoms with Gasteiger partial charge in [0.05, 0.1) is 11.0 Å². The Kier molecular flexibility index (Phi) is 2.44. The van der Waals surface area contributed by atoms with Gasteiger partial charge in [-0.2, -0.15) is 0 Å². The van der Waals surface area contributed by atoms with Crippen LogP contribution in [0.25, 0.3) is 22.4 Å². The van der Waals surface area contributed by atoms with Gasteiger partial charge in [0.2, 0.25) is 0 Å². The van der Waals surface area contributed by atoms with E-state index < -0.39 is 0 Å². The predicted octanol–water partition coefficient (Wildman–Crippen LogP) is 4.16. The number of fused-ring (bicyclic) bond motifs is 1. The third kappa shape index (κ3) is 1.80. The Morgan fingerprint density at radius 1 is 0.889 bits per heavy atom. The molecule has 0 unspecified atom stereocenters. The van der Waals surface area contributed by atoms with E-state index in [-0.39, 0.29) is 0 Å². The molecule has 0 amide bonds. The molecule has 0 bridgehead atoms. The molecule has 3 aromatic rings. The number of hydrogen-bond acceptors (Lipinski definition) is 1. The van der Waals surface area contributed by atoms with Gasteiger partial charge >= 0.3 is 0 Å². The zero-order valence-electron chi connectivity index (χ0n) is 10.9. The third-order valence-electron chi connectivity index (χ3n) is 3.29.